The zero-order valence-electron chi connectivity index (χ0n) is 10.6. The van der Waals surface area contributed by atoms with Crippen LogP contribution in [0.2, 0.25) is 0 Å². The number of amides is 1. The summed E-state index contributed by atoms with van der Waals surface area (Å²) in [7, 11) is 1.66. The van der Waals surface area contributed by atoms with E-state index in [1.165, 1.54) is 23.3 Å². The highest BCUT2D eigenvalue weighted by Gasteiger charge is 2.25. The molecule has 1 aliphatic rings. The van der Waals surface area contributed by atoms with E-state index < -0.39 is 0 Å². The number of nitrogens with one attached hydrogen (secondary N) is 1. The van der Waals surface area contributed by atoms with Crippen molar-refractivity contribution in [3.63, 3.8) is 0 Å². The van der Waals surface area contributed by atoms with E-state index in [-0.39, 0.29) is 11.9 Å². The van der Waals surface area contributed by atoms with Gasteiger partial charge in [0, 0.05) is 16.5 Å². The van der Waals surface area contributed by atoms with Crippen LogP contribution in [0.25, 0.3) is 0 Å². The van der Waals surface area contributed by atoms with Crippen molar-refractivity contribution >= 4 is 17.2 Å². The molecule has 0 saturated heterocycles. The first-order valence-corrected chi connectivity index (χ1v) is 6.94. The van der Waals surface area contributed by atoms with Crippen LogP contribution in [-0.2, 0) is 12.8 Å². The van der Waals surface area contributed by atoms with Gasteiger partial charge in [0.15, 0.2) is 0 Å². The summed E-state index contributed by atoms with van der Waals surface area (Å²) in [4.78, 5) is 14.2. The summed E-state index contributed by atoms with van der Waals surface area (Å²) in [5.74, 6) is 0.805. The summed E-state index contributed by atoms with van der Waals surface area (Å²) in [6.07, 6.45) is 4.56. The predicted octanol–water partition coefficient (Wildman–Crippen LogP) is 2.77. The molecule has 4 heteroatoms. The molecule has 0 radical (unpaired) electrons. The largest absolute Gasteiger partial charge is 0.495 e. The maximum absolute atomic E-state index is 12.1. The molecule has 1 aromatic rings. The van der Waals surface area contributed by atoms with Crippen molar-refractivity contribution in [2.45, 2.75) is 45.6 Å². The Morgan fingerprint density at radius 1 is 1.35 bits per heavy atom. The first kappa shape index (κ1) is 12.4. The second-order valence-electron chi connectivity index (χ2n) is 4.70. The molecule has 3 nitrogen and oxygen atoms in total. The van der Waals surface area contributed by atoms with E-state index in [9.17, 15) is 4.79 Å². The SMILES string of the molecule is COc1c(C(=O)NC(C)C)sc2c1CCCC2. The molecule has 0 aromatic carbocycles. The number of carbonyl (C=O) groups is 1. The number of rotatable bonds is 3. The Balaban J connectivity index is 2.33. The molecule has 17 heavy (non-hydrogen) atoms. The number of ether oxygens (including phenoxy) is 1. The highest BCUT2D eigenvalue weighted by molar-refractivity contribution is 7.14. The van der Waals surface area contributed by atoms with Crippen LogP contribution < -0.4 is 10.1 Å². The van der Waals surface area contributed by atoms with Gasteiger partial charge in [-0.25, -0.2) is 0 Å². The number of carbonyl (C=O) groups excluding carboxylic acids is 1. The predicted molar refractivity (Wildman–Crippen MR) is 70.1 cm³/mol. The van der Waals surface area contributed by atoms with Gasteiger partial charge >= 0.3 is 0 Å². The van der Waals surface area contributed by atoms with Crippen molar-refractivity contribution < 1.29 is 9.53 Å². The van der Waals surface area contributed by atoms with Crippen molar-refractivity contribution in [1.82, 2.24) is 5.32 Å². The zero-order valence-corrected chi connectivity index (χ0v) is 11.4. The topological polar surface area (TPSA) is 38.3 Å². The Labute approximate surface area is 106 Å². The van der Waals surface area contributed by atoms with Crippen molar-refractivity contribution in [3.8, 4) is 5.75 Å². The van der Waals surface area contributed by atoms with E-state index >= 15 is 0 Å². The van der Waals surface area contributed by atoms with Gasteiger partial charge in [-0.3, -0.25) is 4.79 Å². The summed E-state index contributed by atoms with van der Waals surface area (Å²) in [5.41, 5.74) is 1.26. The molecule has 0 bridgehead atoms. The number of thiophene rings is 1. The Morgan fingerprint density at radius 3 is 2.71 bits per heavy atom. The molecule has 2 rings (SSSR count). The summed E-state index contributed by atoms with van der Waals surface area (Å²) in [5, 5.41) is 2.93. The fourth-order valence-corrected chi connectivity index (χ4v) is 3.49. The van der Waals surface area contributed by atoms with Crippen LogP contribution in [0.1, 0.15) is 46.8 Å². The minimum Gasteiger partial charge on any atom is -0.495 e. The van der Waals surface area contributed by atoms with E-state index in [1.807, 2.05) is 13.8 Å². The molecule has 0 spiro atoms. The van der Waals surface area contributed by atoms with E-state index in [2.05, 4.69) is 5.32 Å². The van der Waals surface area contributed by atoms with Gasteiger partial charge in [-0.1, -0.05) is 0 Å². The van der Waals surface area contributed by atoms with E-state index in [0.29, 0.717) is 0 Å². The summed E-state index contributed by atoms with van der Waals surface area (Å²) in [6.45, 7) is 3.94. The Hall–Kier alpha value is -1.03. The molecule has 0 fully saturated rings. The van der Waals surface area contributed by atoms with Crippen molar-refractivity contribution in [3.05, 3.63) is 15.3 Å². The normalized spacial score (nSPS) is 14.6. The van der Waals surface area contributed by atoms with Crippen LogP contribution in [0, 0.1) is 0 Å². The fraction of sp³-hybridized carbons (Fsp3) is 0.615. The second-order valence-corrected chi connectivity index (χ2v) is 5.81. The minimum absolute atomic E-state index is 0.00347. The summed E-state index contributed by atoms with van der Waals surface area (Å²) < 4.78 is 5.44. The molecule has 1 aromatic heterocycles. The van der Waals surface area contributed by atoms with Gasteiger partial charge in [-0.05, 0) is 39.5 Å². The lowest BCUT2D eigenvalue weighted by Crippen LogP contribution is -2.29. The van der Waals surface area contributed by atoms with Crippen molar-refractivity contribution in [2.24, 2.45) is 0 Å². The first-order valence-electron chi connectivity index (χ1n) is 6.13. The van der Waals surface area contributed by atoms with Crippen molar-refractivity contribution in [1.29, 1.82) is 0 Å². The average molecular weight is 253 g/mol. The van der Waals surface area contributed by atoms with Crippen LogP contribution in [0.15, 0.2) is 0 Å². The highest BCUT2D eigenvalue weighted by atomic mass is 32.1. The highest BCUT2D eigenvalue weighted by Crippen LogP contribution is 2.39. The molecular weight excluding hydrogens is 234 g/mol. The maximum Gasteiger partial charge on any atom is 0.265 e. The van der Waals surface area contributed by atoms with Crippen LogP contribution in [0.3, 0.4) is 0 Å². The van der Waals surface area contributed by atoms with Gasteiger partial charge < -0.3 is 10.1 Å². The summed E-state index contributed by atoms with van der Waals surface area (Å²) >= 11 is 1.60. The Bertz CT molecular complexity index is 423. The Kier molecular flexibility index (Phi) is 3.72. The lowest BCUT2D eigenvalue weighted by molar-refractivity contribution is 0.0944. The third kappa shape index (κ3) is 2.46. The zero-order chi connectivity index (χ0) is 12.4. The molecule has 0 atom stereocenters. The van der Waals surface area contributed by atoms with E-state index in [0.717, 1.165) is 23.5 Å². The van der Waals surface area contributed by atoms with E-state index in [1.54, 1.807) is 18.4 Å². The first-order chi connectivity index (χ1) is 8.13. The number of aryl methyl sites for hydroxylation is 1. The molecule has 0 saturated carbocycles. The number of hydrogen-bond acceptors (Lipinski definition) is 3. The molecule has 1 aliphatic carbocycles. The number of fused-ring (bicyclic) bond motifs is 1. The second kappa shape index (κ2) is 5.08. The third-order valence-electron chi connectivity index (χ3n) is 2.95. The minimum atomic E-state index is -0.00347. The molecule has 94 valence electrons. The van der Waals surface area contributed by atoms with Gasteiger partial charge in [0.05, 0.1) is 7.11 Å². The van der Waals surface area contributed by atoms with Crippen LogP contribution >= 0.6 is 11.3 Å². The van der Waals surface area contributed by atoms with Gasteiger partial charge in [-0.2, -0.15) is 0 Å². The van der Waals surface area contributed by atoms with Gasteiger partial charge in [0.2, 0.25) is 0 Å². The molecular formula is C13H19NO2S. The maximum atomic E-state index is 12.1. The van der Waals surface area contributed by atoms with Crippen molar-refractivity contribution in [2.75, 3.05) is 7.11 Å². The number of hydrogen-bond donors (Lipinski definition) is 1. The number of methoxy groups -OCH3 is 1. The Morgan fingerprint density at radius 2 is 2.06 bits per heavy atom. The van der Waals surface area contributed by atoms with E-state index in [4.69, 9.17) is 4.74 Å². The smallest absolute Gasteiger partial charge is 0.265 e. The lowest BCUT2D eigenvalue weighted by Gasteiger charge is -2.12. The molecule has 0 unspecified atom stereocenters. The quantitative estimate of drug-likeness (QED) is 0.899. The van der Waals surface area contributed by atoms with Gasteiger partial charge in [-0.15, -0.1) is 11.3 Å². The standard InChI is InChI=1S/C13H19NO2S/c1-8(2)14-13(15)12-11(16-3)9-6-4-5-7-10(9)17-12/h8H,4-7H2,1-3H3,(H,14,15). The average Bonchev–Trinajstić information content (AvgIpc) is 2.66. The van der Waals surface area contributed by atoms with Gasteiger partial charge in [0.25, 0.3) is 5.91 Å². The molecule has 0 aliphatic heterocycles. The lowest BCUT2D eigenvalue weighted by atomic mass is 9.98. The van der Waals surface area contributed by atoms with Crippen LogP contribution in [0.5, 0.6) is 5.75 Å². The molecule has 1 amide bonds. The third-order valence-corrected chi connectivity index (χ3v) is 4.22. The van der Waals surface area contributed by atoms with Crippen LogP contribution in [0.4, 0.5) is 0 Å². The van der Waals surface area contributed by atoms with Gasteiger partial charge in [0.1, 0.15) is 10.6 Å². The molecule has 1 heterocycles. The van der Waals surface area contributed by atoms with Crippen LogP contribution in [-0.4, -0.2) is 19.1 Å². The fourth-order valence-electron chi connectivity index (χ4n) is 2.23. The summed E-state index contributed by atoms with van der Waals surface area (Å²) in [6, 6.07) is 0.159. The molecule has 1 N–H and O–H groups in total. The monoisotopic (exact) mass is 253 g/mol.